The molecule has 2 N–H and O–H groups in total. The molecular weight excluding hydrogens is 274 g/mol. The summed E-state index contributed by atoms with van der Waals surface area (Å²) in [6.45, 7) is 1.57. The van der Waals surface area contributed by atoms with Crippen molar-refractivity contribution in [2.24, 2.45) is 11.7 Å². The van der Waals surface area contributed by atoms with Gasteiger partial charge in [-0.15, -0.1) is 0 Å². The molecule has 0 aliphatic heterocycles. The lowest BCUT2D eigenvalue weighted by atomic mass is 9.82. The number of Topliss-reactive ketones (excluding diaryl/α,β-unsaturated/α-hetero) is 1. The summed E-state index contributed by atoms with van der Waals surface area (Å²) in [5.41, 5.74) is 5.67. The van der Waals surface area contributed by atoms with Crippen molar-refractivity contribution in [3.8, 4) is 0 Å². The van der Waals surface area contributed by atoms with Crippen LogP contribution in [0, 0.1) is 5.92 Å². The highest BCUT2D eigenvalue weighted by Gasteiger charge is 2.15. The van der Waals surface area contributed by atoms with E-state index in [1.54, 1.807) is 17.7 Å². The molecule has 19 heavy (non-hydrogen) atoms. The van der Waals surface area contributed by atoms with Gasteiger partial charge in [0.25, 0.3) is 0 Å². The SMILES string of the molecule is CC(=O)C(N)CSSCCCCCCCC1CCC1. The standard InChI is InChI=1S/C15H29NOS2/c1-13(17)15(16)12-19-18-11-6-4-2-3-5-8-14-9-7-10-14/h14-15H,2-12,16H2,1H3. The maximum absolute atomic E-state index is 10.9. The van der Waals surface area contributed by atoms with E-state index in [2.05, 4.69) is 0 Å². The molecule has 1 saturated carbocycles. The van der Waals surface area contributed by atoms with Crippen molar-refractivity contribution in [2.75, 3.05) is 11.5 Å². The van der Waals surface area contributed by atoms with E-state index in [1.165, 1.54) is 63.5 Å². The van der Waals surface area contributed by atoms with Gasteiger partial charge in [0.2, 0.25) is 0 Å². The largest absolute Gasteiger partial charge is 0.321 e. The molecule has 0 radical (unpaired) electrons. The number of hydrogen-bond donors (Lipinski definition) is 1. The average molecular weight is 304 g/mol. The van der Waals surface area contributed by atoms with Crippen molar-refractivity contribution in [3.05, 3.63) is 0 Å². The molecule has 0 saturated heterocycles. The molecule has 1 atom stereocenters. The first kappa shape index (κ1) is 17.4. The molecule has 0 heterocycles. The van der Waals surface area contributed by atoms with Gasteiger partial charge in [-0.3, -0.25) is 4.79 Å². The number of nitrogens with two attached hydrogens (primary N) is 1. The zero-order valence-electron chi connectivity index (χ0n) is 12.2. The van der Waals surface area contributed by atoms with Gasteiger partial charge in [0.15, 0.2) is 0 Å². The summed E-state index contributed by atoms with van der Waals surface area (Å²) < 4.78 is 0. The number of carbonyl (C=O) groups excluding carboxylic acids is 1. The highest BCUT2D eigenvalue weighted by Crippen LogP contribution is 2.31. The normalized spacial score (nSPS) is 17.2. The van der Waals surface area contributed by atoms with Crippen molar-refractivity contribution in [3.63, 3.8) is 0 Å². The Labute approximate surface area is 126 Å². The van der Waals surface area contributed by atoms with Crippen LogP contribution in [0.25, 0.3) is 0 Å². The summed E-state index contributed by atoms with van der Waals surface area (Å²) in [7, 11) is 3.61. The lowest BCUT2D eigenvalue weighted by Gasteiger charge is -2.24. The summed E-state index contributed by atoms with van der Waals surface area (Å²) in [6, 6.07) is -0.274. The second-order valence-corrected chi connectivity index (χ2v) is 8.30. The molecular formula is C15H29NOS2. The van der Waals surface area contributed by atoms with Gasteiger partial charge in [0.1, 0.15) is 5.78 Å². The quantitative estimate of drug-likeness (QED) is 0.428. The maximum Gasteiger partial charge on any atom is 0.147 e. The third-order valence-corrected chi connectivity index (χ3v) is 6.44. The fraction of sp³-hybridized carbons (Fsp3) is 0.933. The molecule has 1 unspecified atom stereocenters. The monoisotopic (exact) mass is 303 g/mol. The number of rotatable bonds is 12. The van der Waals surface area contributed by atoms with Crippen molar-refractivity contribution in [1.82, 2.24) is 0 Å². The lowest BCUT2D eigenvalue weighted by Crippen LogP contribution is -2.30. The topological polar surface area (TPSA) is 43.1 Å². The minimum atomic E-state index is -0.274. The Morgan fingerprint density at radius 3 is 2.47 bits per heavy atom. The van der Waals surface area contributed by atoms with Crippen LogP contribution in [0.1, 0.15) is 64.7 Å². The first-order valence-corrected chi connectivity index (χ1v) is 10.2. The van der Waals surface area contributed by atoms with Gasteiger partial charge < -0.3 is 5.73 Å². The zero-order chi connectivity index (χ0) is 13.9. The van der Waals surface area contributed by atoms with Crippen LogP contribution in [-0.4, -0.2) is 23.3 Å². The van der Waals surface area contributed by atoms with Gasteiger partial charge >= 0.3 is 0 Å². The van der Waals surface area contributed by atoms with Crippen LogP contribution >= 0.6 is 21.6 Å². The van der Waals surface area contributed by atoms with Gasteiger partial charge in [-0.05, 0) is 19.3 Å². The van der Waals surface area contributed by atoms with Gasteiger partial charge in [0, 0.05) is 11.5 Å². The molecule has 1 aliphatic rings. The fourth-order valence-corrected chi connectivity index (χ4v) is 4.56. The van der Waals surface area contributed by atoms with Crippen LogP contribution in [0.2, 0.25) is 0 Å². The zero-order valence-corrected chi connectivity index (χ0v) is 13.9. The maximum atomic E-state index is 10.9. The molecule has 0 amide bonds. The molecule has 0 aromatic heterocycles. The number of ketones is 1. The van der Waals surface area contributed by atoms with Gasteiger partial charge in [0.05, 0.1) is 6.04 Å². The minimum absolute atomic E-state index is 0.0968. The molecule has 0 aromatic rings. The predicted molar refractivity (Wildman–Crippen MR) is 88.6 cm³/mol. The average Bonchev–Trinajstić information content (AvgIpc) is 2.33. The molecule has 1 rings (SSSR count). The fourth-order valence-electron chi connectivity index (χ4n) is 2.20. The summed E-state index contributed by atoms with van der Waals surface area (Å²) in [5, 5.41) is 0. The summed E-state index contributed by atoms with van der Waals surface area (Å²) >= 11 is 0. The lowest BCUT2D eigenvalue weighted by molar-refractivity contribution is -0.117. The molecule has 4 heteroatoms. The van der Waals surface area contributed by atoms with E-state index >= 15 is 0 Å². The Balaban J connectivity index is 1.72. The van der Waals surface area contributed by atoms with Crippen LogP contribution in [0.5, 0.6) is 0 Å². The summed E-state index contributed by atoms with van der Waals surface area (Å²) in [5.74, 6) is 3.12. The van der Waals surface area contributed by atoms with E-state index in [1.807, 2.05) is 10.8 Å². The Morgan fingerprint density at radius 1 is 1.16 bits per heavy atom. The Bertz CT molecular complexity index is 244. The third-order valence-electron chi connectivity index (χ3n) is 3.92. The molecule has 0 spiro atoms. The van der Waals surface area contributed by atoms with Crippen molar-refractivity contribution >= 4 is 27.4 Å². The smallest absolute Gasteiger partial charge is 0.147 e. The highest BCUT2D eigenvalue weighted by atomic mass is 33.1. The van der Waals surface area contributed by atoms with Crippen LogP contribution in [-0.2, 0) is 4.79 Å². The first-order chi connectivity index (χ1) is 9.20. The summed E-state index contributed by atoms with van der Waals surface area (Å²) in [6.07, 6.45) is 12.9. The molecule has 2 nitrogen and oxygen atoms in total. The molecule has 1 aliphatic carbocycles. The second-order valence-electron chi connectivity index (χ2n) is 5.68. The van der Waals surface area contributed by atoms with Crippen molar-refractivity contribution in [2.45, 2.75) is 70.8 Å². The second kappa shape index (κ2) is 11.0. The van der Waals surface area contributed by atoms with E-state index in [4.69, 9.17) is 5.73 Å². The third kappa shape index (κ3) is 8.98. The van der Waals surface area contributed by atoms with E-state index in [0.717, 1.165) is 11.7 Å². The van der Waals surface area contributed by atoms with Crippen LogP contribution in [0.15, 0.2) is 0 Å². The predicted octanol–water partition coefficient (Wildman–Crippen LogP) is 4.42. The Hall–Kier alpha value is 0.330. The van der Waals surface area contributed by atoms with Crippen LogP contribution in [0.4, 0.5) is 0 Å². The van der Waals surface area contributed by atoms with Gasteiger partial charge in [-0.25, -0.2) is 0 Å². The van der Waals surface area contributed by atoms with Crippen LogP contribution in [0.3, 0.4) is 0 Å². The Morgan fingerprint density at radius 2 is 1.84 bits per heavy atom. The number of unbranched alkanes of at least 4 members (excludes halogenated alkanes) is 4. The van der Waals surface area contributed by atoms with Crippen molar-refractivity contribution in [1.29, 1.82) is 0 Å². The highest BCUT2D eigenvalue weighted by molar-refractivity contribution is 8.76. The van der Waals surface area contributed by atoms with E-state index in [9.17, 15) is 4.79 Å². The minimum Gasteiger partial charge on any atom is -0.321 e. The van der Waals surface area contributed by atoms with Gasteiger partial charge in [-0.1, -0.05) is 73.0 Å². The summed E-state index contributed by atoms with van der Waals surface area (Å²) in [4.78, 5) is 10.9. The molecule has 0 bridgehead atoms. The Kier molecular flexibility index (Phi) is 10.1. The van der Waals surface area contributed by atoms with Gasteiger partial charge in [-0.2, -0.15) is 0 Å². The van der Waals surface area contributed by atoms with Crippen molar-refractivity contribution < 1.29 is 4.79 Å². The van der Waals surface area contributed by atoms with E-state index < -0.39 is 0 Å². The van der Waals surface area contributed by atoms with E-state index in [-0.39, 0.29) is 11.8 Å². The first-order valence-electron chi connectivity index (χ1n) is 7.70. The molecule has 1 fully saturated rings. The van der Waals surface area contributed by atoms with Crippen LogP contribution < -0.4 is 5.73 Å². The van der Waals surface area contributed by atoms with E-state index in [0.29, 0.717) is 0 Å². The molecule has 0 aromatic carbocycles. The molecule has 112 valence electrons. The number of carbonyl (C=O) groups is 1. The number of hydrogen-bond acceptors (Lipinski definition) is 4.